The third-order valence-electron chi connectivity index (χ3n) is 2.87. The highest BCUT2D eigenvalue weighted by Crippen LogP contribution is 2.10. The van der Waals surface area contributed by atoms with Gasteiger partial charge in [0.2, 0.25) is 0 Å². The Hall–Kier alpha value is -1.79. The van der Waals surface area contributed by atoms with E-state index < -0.39 is 5.97 Å². The van der Waals surface area contributed by atoms with Crippen LogP contribution in [0, 0.1) is 12.3 Å². The van der Waals surface area contributed by atoms with Crippen LogP contribution in [0.15, 0.2) is 24.3 Å². The molecule has 0 heterocycles. The van der Waals surface area contributed by atoms with Crippen molar-refractivity contribution in [2.45, 2.75) is 19.3 Å². The molecular weight excluding hydrogens is 226 g/mol. The maximum atomic E-state index is 11.0. The van der Waals surface area contributed by atoms with Gasteiger partial charge in [-0.1, -0.05) is 18.2 Å². The summed E-state index contributed by atoms with van der Waals surface area (Å²) in [5, 5.41) is 9.07. The van der Waals surface area contributed by atoms with Crippen molar-refractivity contribution in [2.75, 3.05) is 20.1 Å². The normalized spacial score (nSPS) is 10.3. The predicted molar refractivity (Wildman–Crippen MR) is 72.7 cm³/mol. The smallest absolute Gasteiger partial charge is 0.335 e. The number of carboxylic acid groups (broad SMARTS) is 1. The number of hydrogen-bond donors (Lipinski definition) is 1. The minimum atomic E-state index is -0.861. The Morgan fingerprint density at radius 1 is 1.39 bits per heavy atom. The molecule has 3 heteroatoms. The van der Waals surface area contributed by atoms with Gasteiger partial charge in [-0.05, 0) is 38.1 Å². The molecule has 0 amide bonds. The van der Waals surface area contributed by atoms with Gasteiger partial charge in [0, 0.05) is 13.0 Å². The lowest BCUT2D eigenvalue weighted by Crippen LogP contribution is -2.23. The number of nitrogens with zero attached hydrogens (tertiary/aromatic N) is 1. The summed E-state index contributed by atoms with van der Waals surface area (Å²) in [7, 11) is 2.03. The van der Waals surface area contributed by atoms with Crippen molar-refractivity contribution in [2.24, 2.45) is 0 Å². The molecule has 0 radical (unpaired) electrons. The molecule has 0 fully saturated rings. The van der Waals surface area contributed by atoms with Gasteiger partial charge in [-0.3, -0.25) is 0 Å². The molecule has 1 rings (SSSR count). The number of unbranched alkanes of at least 4 members (excludes halogenated alkanes) is 1. The average molecular weight is 245 g/mol. The maximum absolute atomic E-state index is 11.0. The summed E-state index contributed by atoms with van der Waals surface area (Å²) in [5.41, 5.74) is 1.28. The zero-order valence-corrected chi connectivity index (χ0v) is 10.7. The van der Waals surface area contributed by atoms with Gasteiger partial charge in [0.1, 0.15) is 0 Å². The van der Waals surface area contributed by atoms with E-state index in [1.807, 2.05) is 19.2 Å². The molecule has 0 saturated heterocycles. The summed E-state index contributed by atoms with van der Waals surface area (Å²) in [6.07, 6.45) is 7.71. The van der Waals surface area contributed by atoms with Crippen LogP contribution in [0.25, 0.3) is 0 Å². The maximum Gasteiger partial charge on any atom is 0.335 e. The predicted octanol–water partition coefficient (Wildman–Crippen LogP) is 2.27. The topological polar surface area (TPSA) is 40.5 Å². The minimum Gasteiger partial charge on any atom is -0.478 e. The first-order chi connectivity index (χ1) is 8.65. The number of likely N-dealkylation sites (N-methyl/N-ethyl adjacent to an activating group) is 1. The Bertz CT molecular complexity index is 434. The van der Waals surface area contributed by atoms with E-state index in [0.717, 1.165) is 37.9 Å². The van der Waals surface area contributed by atoms with Gasteiger partial charge in [0.15, 0.2) is 0 Å². The van der Waals surface area contributed by atoms with Gasteiger partial charge in [-0.15, -0.1) is 12.3 Å². The summed E-state index contributed by atoms with van der Waals surface area (Å²) >= 11 is 0. The Morgan fingerprint density at radius 3 is 2.78 bits per heavy atom. The van der Waals surface area contributed by atoms with Crippen molar-refractivity contribution in [3.05, 3.63) is 35.4 Å². The number of carbonyl (C=O) groups is 1. The Kier molecular flexibility index (Phi) is 5.96. The third-order valence-corrected chi connectivity index (χ3v) is 2.87. The van der Waals surface area contributed by atoms with E-state index in [1.165, 1.54) is 0 Å². The van der Waals surface area contributed by atoms with Gasteiger partial charge in [-0.2, -0.15) is 0 Å². The fourth-order valence-corrected chi connectivity index (χ4v) is 1.82. The van der Waals surface area contributed by atoms with Crippen LogP contribution >= 0.6 is 0 Å². The molecular formula is C15H19NO2. The number of terminal acetylenes is 1. The van der Waals surface area contributed by atoms with E-state index in [2.05, 4.69) is 10.8 Å². The number of aromatic carboxylic acids is 1. The Labute approximate surface area is 108 Å². The number of hydrogen-bond acceptors (Lipinski definition) is 2. The van der Waals surface area contributed by atoms with Crippen molar-refractivity contribution < 1.29 is 9.90 Å². The fourth-order valence-electron chi connectivity index (χ4n) is 1.82. The second-order valence-electron chi connectivity index (χ2n) is 4.32. The second-order valence-corrected chi connectivity index (χ2v) is 4.32. The molecule has 1 aromatic rings. The van der Waals surface area contributed by atoms with Gasteiger partial charge in [-0.25, -0.2) is 4.79 Å². The summed E-state index contributed by atoms with van der Waals surface area (Å²) in [4.78, 5) is 13.2. The van der Waals surface area contributed by atoms with Crippen LogP contribution < -0.4 is 0 Å². The van der Waals surface area contributed by atoms with E-state index in [-0.39, 0.29) is 0 Å². The monoisotopic (exact) mass is 245 g/mol. The first-order valence-electron chi connectivity index (χ1n) is 6.08. The molecule has 0 aliphatic carbocycles. The summed E-state index contributed by atoms with van der Waals surface area (Å²) in [5.74, 6) is 1.76. The summed E-state index contributed by atoms with van der Waals surface area (Å²) in [6, 6.07) is 7.15. The van der Waals surface area contributed by atoms with Crippen LogP contribution in [0.3, 0.4) is 0 Å². The van der Waals surface area contributed by atoms with Crippen molar-refractivity contribution in [3.63, 3.8) is 0 Å². The Balaban J connectivity index is 2.48. The standard InChI is InChI=1S/C15H19NO2/c1-3-4-7-11-16(2)12-10-13-8-5-6-9-14(13)15(17)18/h1,5-6,8-9H,4,7,10-12H2,2H3,(H,17,18). The van der Waals surface area contributed by atoms with Gasteiger partial charge in [0.05, 0.1) is 5.56 Å². The lowest BCUT2D eigenvalue weighted by Gasteiger charge is -2.16. The molecule has 1 aromatic carbocycles. The first kappa shape index (κ1) is 14.3. The molecule has 0 spiro atoms. The van der Waals surface area contributed by atoms with Crippen LogP contribution in [0.2, 0.25) is 0 Å². The lowest BCUT2D eigenvalue weighted by atomic mass is 10.0. The van der Waals surface area contributed by atoms with Crippen LogP contribution in [-0.2, 0) is 6.42 Å². The highest BCUT2D eigenvalue weighted by molar-refractivity contribution is 5.89. The SMILES string of the molecule is C#CCCCN(C)CCc1ccccc1C(=O)O. The van der Waals surface area contributed by atoms with Crippen LogP contribution in [0.5, 0.6) is 0 Å². The highest BCUT2D eigenvalue weighted by atomic mass is 16.4. The van der Waals surface area contributed by atoms with E-state index in [0.29, 0.717) is 5.56 Å². The second kappa shape index (κ2) is 7.52. The van der Waals surface area contributed by atoms with Crippen molar-refractivity contribution in [3.8, 4) is 12.3 Å². The molecule has 1 N–H and O–H groups in total. The van der Waals surface area contributed by atoms with Gasteiger partial charge < -0.3 is 10.0 Å². The van der Waals surface area contributed by atoms with Gasteiger partial charge in [0.25, 0.3) is 0 Å². The quantitative estimate of drug-likeness (QED) is 0.592. The first-order valence-corrected chi connectivity index (χ1v) is 6.08. The molecule has 0 aliphatic rings. The van der Waals surface area contributed by atoms with E-state index in [9.17, 15) is 4.79 Å². The van der Waals surface area contributed by atoms with Crippen molar-refractivity contribution in [1.29, 1.82) is 0 Å². The van der Waals surface area contributed by atoms with Gasteiger partial charge >= 0.3 is 5.97 Å². The molecule has 0 atom stereocenters. The summed E-state index contributed by atoms with van der Waals surface area (Å²) < 4.78 is 0. The molecule has 18 heavy (non-hydrogen) atoms. The average Bonchev–Trinajstić information content (AvgIpc) is 2.37. The van der Waals surface area contributed by atoms with E-state index in [1.54, 1.807) is 12.1 Å². The van der Waals surface area contributed by atoms with Crippen LogP contribution in [-0.4, -0.2) is 36.1 Å². The van der Waals surface area contributed by atoms with Crippen LogP contribution in [0.4, 0.5) is 0 Å². The largest absolute Gasteiger partial charge is 0.478 e. The molecule has 0 aromatic heterocycles. The zero-order chi connectivity index (χ0) is 13.4. The molecule has 0 unspecified atom stereocenters. The molecule has 3 nitrogen and oxygen atoms in total. The molecule has 96 valence electrons. The third kappa shape index (κ3) is 4.60. The molecule has 0 bridgehead atoms. The van der Waals surface area contributed by atoms with E-state index in [4.69, 9.17) is 11.5 Å². The van der Waals surface area contributed by atoms with E-state index >= 15 is 0 Å². The summed E-state index contributed by atoms with van der Waals surface area (Å²) in [6.45, 7) is 1.79. The van der Waals surface area contributed by atoms with Crippen LogP contribution in [0.1, 0.15) is 28.8 Å². The fraction of sp³-hybridized carbons (Fsp3) is 0.400. The molecule has 0 saturated carbocycles. The highest BCUT2D eigenvalue weighted by Gasteiger charge is 2.09. The number of rotatable bonds is 7. The zero-order valence-electron chi connectivity index (χ0n) is 10.7. The lowest BCUT2D eigenvalue weighted by molar-refractivity contribution is 0.0695. The number of carboxylic acids is 1. The Morgan fingerprint density at radius 2 is 2.11 bits per heavy atom. The minimum absolute atomic E-state index is 0.398. The number of benzene rings is 1. The molecule has 0 aliphatic heterocycles. The van der Waals surface area contributed by atoms with Crippen molar-refractivity contribution in [1.82, 2.24) is 4.90 Å². The van der Waals surface area contributed by atoms with Crippen molar-refractivity contribution >= 4 is 5.97 Å².